The summed E-state index contributed by atoms with van der Waals surface area (Å²) >= 11 is 1.44. The van der Waals surface area contributed by atoms with Crippen molar-refractivity contribution in [3.05, 3.63) is 21.9 Å². The van der Waals surface area contributed by atoms with Crippen molar-refractivity contribution in [3.63, 3.8) is 0 Å². The van der Waals surface area contributed by atoms with Gasteiger partial charge in [-0.2, -0.15) is 5.26 Å². The van der Waals surface area contributed by atoms with Crippen LogP contribution in [-0.4, -0.2) is 12.0 Å². The quantitative estimate of drug-likeness (QED) is 0.600. The highest BCUT2D eigenvalue weighted by atomic mass is 32.1. The van der Waals surface area contributed by atoms with Crippen LogP contribution < -0.4 is 11.1 Å². The molecule has 0 fully saturated rings. The molecule has 1 aromatic rings. The van der Waals surface area contributed by atoms with Crippen LogP contribution in [-0.2, 0) is 6.54 Å². The highest BCUT2D eigenvalue weighted by Gasteiger charge is 1.99. The van der Waals surface area contributed by atoms with Gasteiger partial charge in [-0.15, -0.1) is 11.3 Å². The van der Waals surface area contributed by atoms with E-state index in [0.29, 0.717) is 17.4 Å². The van der Waals surface area contributed by atoms with Crippen LogP contribution in [0.25, 0.3) is 0 Å². The van der Waals surface area contributed by atoms with Crippen molar-refractivity contribution in [2.24, 2.45) is 10.7 Å². The summed E-state index contributed by atoms with van der Waals surface area (Å²) in [6, 6.07) is 6.07. The first-order chi connectivity index (χ1) is 7.11. The van der Waals surface area contributed by atoms with Gasteiger partial charge >= 0.3 is 0 Å². The molecule has 1 aromatic heterocycles. The summed E-state index contributed by atoms with van der Waals surface area (Å²) in [7, 11) is 0. The van der Waals surface area contributed by atoms with Crippen LogP contribution in [0.5, 0.6) is 0 Å². The predicted octanol–water partition coefficient (Wildman–Crippen LogP) is 1.43. The largest absolute Gasteiger partial charge is 0.370 e. The third kappa shape index (κ3) is 4.00. The zero-order chi connectivity index (χ0) is 11.3. The van der Waals surface area contributed by atoms with E-state index in [-0.39, 0.29) is 6.04 Å². The summed E-state index contributed by atoms with van der Waals surface area (Å²) in [6.07, 6.45) is 0. The van der Waals surface area contributed by atoms with Crippen molar-refractivity contribution in [3.8, 4) is 6.07 Å². The molecule has 0 bridgehead atoms. The van der Waals surface area contributed by atoms with Gasteiger partial charge < -0.3 is 11.1 Å². The Balaban J connectivity index is 2.52. The van der Waals surface area contributed by atoms with Crippen LogP contribution in [0.2, 0.25) is 0 Å². The molecule has 3 N–H and O–H groups in total. The Kier molecular flexibility index (Phi) is 4.13. The van der Waals surface area contributed by atoms with Gasteiger partial charge in [0.25, 0.3) is 0 Å². The molecule has 0 aliphatic carbocycles. The van der Waals surface area contributed by atoms with Gasteiger partial charge in [-0.1, -0.05) is 0 Å². The number of nitriles is 1. The van der Waals surface area contributed by atoms with Gasteiger partial charge in [0, 0.05) is 10.9 Å². The van der Waals surface area contributed by atoms with Crippen LogP contribution in [0.3, 0.4) is 0 Å². The summed E-state index contributed by atoms with van der Waals surface area (Å²) in [5, 5.41) is 11.6. The molecule has 0 aliphatic heterocycles. The lowest BCUT2D eigenvalue weighted by Crippen LogP contribution is -2.36. The number of nitrogens with one attached hydrogen (secondary N) is 1. The van der Waals surface area contributed by atoms with E-state index < -0.39 is 0 Å². The Morgan fingerprint density at radius 1 is 1.67 bits per heavy atom. The van der Waals surface area contributed by atoms with Gasteiger partial charge in [-0.05, 0) is 26.0 Å². The molecular weight excluding hydrogens is 208 g/mol. The number of hydrogen-bond acceptors (Lipinski definition) is 3. The molecule has 1 rings (SSSR count). The Morgan fingerprint density at radius 3 is 2.93 bits per heavy atom. The standard InChI is InChI=1S/C10H14N4S/c1-7(2)14-10(12)13-6-9-4-3-8(5-11)15-9/h3-4,7H,6H2,1-2H3,(H3,12,13,14). The van der Waals surface area contributed by atoms with Crippen molar-refractivity contribution in [1.82, 2.24) is 5.32 Å². The fourth-order valence-electron chi connectivity index (χ4n) is 1.03. The zero-order valence-electron chi connectivity index (χ0n) is 8.82. The first-order valence-electron chi connectivity index (χ1n) is 4.67. The fourth-order valence-corrected chi connectivity index (χ4v) is 1.76. The normalized spacial score (nSPS) is 11.5. The third-order valence-corrected chi connectivity index (χ3v) is 2.59. The van der Waals surface area contributed by atoms with Gasteiger partial charge in [0.2, 0.25) is 0 Å². The van der Waals surface area contributed by atoms with Gasteiger partial charge in [0.1, 0.15) is 10.9 Å². The van der Waals surface area contributed by atoms with Crippen LogP contribution in [0.1, 0.15) is 23.6 Å². The number of nitrogens with zero attached hydrogens (tertiary/aromatic N) is 2. The highest BCUT2D eigenvalue weighted by Crippen LogP contribution is 2.15. The number of thiophene rings is 1. The molecular formula is C10H14N4S. The summed E-state index contributed by atoms with van der Waals surface area (Å²) in [6.45, 7) is 4.53. The molecule has 0 spiro atoms. The van der Waals surface area contributed by atoms with Crippen LogP contribution in [0.4, 0.5) is 0 Å². The second kappa shape index (κ2) is 5.37. The maximum absolute atomic E-state index is 8.63. The van der Waals surface area contributed by atoms with Gasteiger partial charge in [0.15, 0.2) is 5.96 Å². The van der Waals surface area contributed by atoms with Crippen molar-refractivity contribution in [1.29, 1.82) is 5.26 Å². The topological polar surface area (TPSA) is 74.2 Å². The lowest BCUT2D eigenvalue weighted by molar-refractivity contribution is 0.724. The van der Waals surface area contributed by atoms with E-state index in [9.17, 15) is 0 Å². The van der Waals surface area contributed by atoms with E-state index in [1.165, 1.54) is 11.3 Å². The molecule has 5 heteroatoms. The zero-order valence-corrected chi connectivity index (χ0v) is 9.64. The number of rotatable bonds is 3. The van der Waals surface area contributed by atoms with E-state index in [1.54, 1.807) is 6.07 Å². The second-order valence-corrected chi connectivity index (χ2v) is 4.55. The van der Waals surface area contributed by atoms with Crippen molar-refractivity contribution in [2.45, 2.75) is 26.4 Å². The first kappa shape index (κ1) is 11.5. The van der Waals surface area contributed by atoms with Crippen LogP contribution in [0, 0.1) is 11.3 Å². The second-order valence-electron chi connectivity index (χ2n) is 3.38. The third-order valence-electron chi connectivity index (χ3n) is 1.61. The Bertz CT molecular complexity index is 386. The monoisotopic (exact) mass is 222 g/mol. The summed E-state index contributed by atoms with van der Waals surface area (Å²) in [5.74, 6) is 0.442. The molecule has 0 unspecified atom stereocenters. The first-order valence-corrected chi connectivity index (χ1v) is 5.48. The molecule has 0 atom stereocenters. The minimum absolute atomic E-state index is 0.284. The highest BCUT2D eigenvalue weighted by molar-refractivity contribution is 7.12. The Morgan fingerprint density at radius 2 is 2.40 bits per heavy atom. The Labute approximate surface area is 93.4 Å². The van der Waals surface area contributed by atoms with E-state index in [4.69, 9.17) is 11.0 Å². The SMILES string of the molecule is CC(C)NC(N)=NCc1ccc(C#N)s1. The molecule has 0 aliphatic rings. The maximum Gasteiger partial charge on any atom is 0.189 e. The van der Waals surface area contributed by atoms with E-state index in [2.05, 4.69) is 16.4 Å². The minimum Gasteiger partial charge on any atom is -0.370 e. The maximum atomic E-state index is 8.63. The lowest BCUT2D eigenvalue weighted by Gasteiger charge is -2.07. The van der Waals surface area contributed by atoms with E-state index in [0.717, 1.165) is 4.88 Å². The fraction of sp³-hybridized carbons (Fsp3) is 0.400. The predicted molar refractivity (Wildman–Crippen MR) is 62.6 cm³/mol. The molecule has 0 saturated carbocycles. The van der Waals surface area contributed by atoms with Crippen molar-refractivity contribution < 1.29 is 0 Å². The summed E-state index contributed by atoms with van der Waals surface area (Å²) in [4.78, 5) is 5.91. The van der Waals surface area contributed by atoms with Gasteiger partial charge in [-0.3, -0.25) is 0 Å². The average Bonchev–Trinajstić information content (AvgIpc) is 2.61. The number of nitrogens with two attached hydrogens (primary N) is 1. The smallest absolute Gasteiger partial charge is 0.189 e. The van der Waals surface area contributed by atoms with Crippen LogP contribution >= 0.6 is 11.3 Å². The number of aliphatic imine (C=N–C) groups is 1. The molecule has 0 saturated heterocycles. The molecule has 0 aromatic carbocycles. The molecule has 80 valence electrons. The minimum atomic E-state index is 0.284. The van der Waals surface area contributed by atoms with E-state index in [1.807, 2.05) is 19.9 Å². The molecule has 15 heavy (non-hydrogen) atoms. The molecule has 0 radical (unpaired) electrons. The number of hydrogen-bond donors (Lipinski definition) is 2. The molecule has 0 amide bonds. The van der Waals surface area contributed by atoms with Gasteiger partial charge in [0.05, 0.1) is 6.54 Å². The number of guanidine groups is 1. The summed E-state index contributed by atoms with van der Waals surface area (Å²) in [5.41, 5.74) is 5.64. The molecule has 4 nitrogen and oxygen atoms in total. The van der Waals surface area contributed by atoms with Crippen molar-refractivity contribution in [2.75, 3.05) is 0 Å². The van der Waals surface area contributed by atoms with Gasteiger partial charge in [-0.25, -0.2) is 4.99 Å². The van der Waals surface area contributed by atoms with Crippen molar-refractivity contribution >= 4 is 17.3 Å². The van der Waals surface area contributed by atoms with E-state index >= 15 is 0 Å². The average molecular weight is 222 g/mol. The summed E-state index contributed by atoms with van der Waals surface area (Å²) < 4.78 is 0. The lowest BCUT2D eigenvalue weighted by atomic mass is 10.4. The Hall–Kier alpha value is -1.54. The molecule has 1 heterocycles. The van der Waals surface area contributed by atoms with Crippen LogP contribution in [0.15, 0.2) is 17.1 Å².